The van der Waals surface area contributed by atoms with Gasteiger partial charge in [0.1, 0.15) is 17.1 Å². The van der Waals surface area contributed by atoms with Gasteiger partial charge in [-0.25, -0.2) is 8.42 Å². The molecule has 0 spiro atoms. The number of carbonyl (C=O) groups is 2. The number of nitrogens with zero attached hydrogens (tertiary/aromatic N) is 1. The number of sulfone groups is 1. The Balaban J connectivity index is 1.40. The zero-order valence-electron chi connectivity index (χ0n) is 22.3. The van der Waals surface area contributed by atoms with Crippen LogP contribution in [0.15, 0.2) is 77.7 Å². The Bertz CT molecular complexity index is 1500. The van der Waals surface area contributed by atoms with E-state index in [1.807, 2.05) is 0 Å². The smallest absolute Gasteiger partial charge is 0.306 e. The maximum absolute atomic E-state index is 14.2. The van der Waals surface area contributed by atoms with Crippen LogP contribution in [-0.4, -0.2) is 43.4 Å². The van der Waals surface area contributed by atoms with Crippen LogP contribution in [0.4, 0.5) is 0 Å². The van der Waals surface area contributed by atoms with Crippen molar-refractivity contribution in [2.45, 2.75) is 48.4 Å². The number of amides is 1. The van der Waals surface area contributed by atoms with Crippen molar-refractivity contribution < 1.29 is 27.9 Å². The molecule has 7 nitrogen and oxygen atoms in total. The topological polar surface area (TPSA) is 101 Å². The summed E-state index contributed by atoms with van der Waals surface area (Å²) in [4.78, 5) is 26.7. The Labute approximate surface area is 250 Å². The average molecular weight is 617 g/mol. The first kappa shape index (κ1) is 29.4. The number of aliphatic carboxylic acids is 1. The SMILES string of the molecule is O=C(O)[C@H]1CC[C@H](C(=O)N2CC[C@](c3ccc(OCc4c(Cl)cccc4Cl)cc3)(S(=O)(=O)c3ccccc3)C2)CC1. The van der Waals surface area contributed by atoms with Gasteiger partial charge < -0.3 is 14.7 Å². The molecule has 1 aliphatic carbocycles. The molecule has 41 heavy (non-hydrogen) atoms. The molecule has 0 aromatic heterocycles. The van der Waals surface area contributed by atoms with Crippen LogP contribution in [0.25, 0.3) is 0 Å². The molecule has 10 heteroatoms. The molecule has 0 bridgehead atoms. The highest BCUT2D eigenvalue weighted by molar-refractivity contribution is 7.92. The second kappa shape index (κ2) is 12.0. The lowest BCUT2D eigenvalue weighted by Crippen LogP contribution is -2.42. The lowest BCUT2D eigenvalue weighted by atomic mass is 9.81. The van der Waals surface area contributed by atoms with E-state index in [0.29, 0.717) is 59.1 Å². The number of carboxylic acids is 1. The van der Waals surface area contributed by atoms with Crippen LogP contribution in [0, 0.1) is 11.8 Å². The molecular weight excluding hydrogens is 585 g/mol. The lowest BCUT2D eigenvalue weighted by Gasteiger charge is -2.32. The van der Waals surface area contributed by atoms with Crippen molar-refractivity contribution in [2.24, 2.45) is 11.8 Å². The monoisotopic (exact) mass is 615 g/mol. The predicted octanol–water partition coefficient (Wildman–Crippen LogP) is 6.36. The average Bonchev–Trinajstić information content (AvgIpc) is 3.45. The standard InChI is InChI=1S/C31H31Cl2NO6S/c32-27-7-4-8-28(33)26(27)19-40-24-15-13-23(14-16-24)31(41(38,39)25-5-2-1-3-6-25)17-18-34(20-31)29(35)21-9-11-22(12-10-21)30(36)37/h1-8,13-16,21-22H,9-12,17-20H2,(H,36,37)/t21-,22-,31-/m0/s1. The van der Waals surface area contributed by atoms with Gasteiger partial charge in [-0.15, -0.1) is 0 Å². The van der Waals surface area contributed by atoms with Gasteiger partial charge in [-0.05, 0) is 74.1 Å². The van der Waals surface area contributed by atoms with Gasteiger partial charge in [0.2, 0.25) is 5.91 Å². The van der Waals surface area contributed by atoms with Crippen molar-refractivity contribution >= 4 is 44.9 Å². The number of ether oxygens (including phenoxy) is 1. The van der Waals surface area contributed by atoms with Crippen LogP contribution >= 0.6 is 23.2 Å². The van der Waals surface area contributed by atoms with Gasteiger partial charge in [-0.3, -0.25) is 9.59 Å². The third-order valence-corrected chi connectivity index (χ3v) is 11.6. The molecule has 1 amide bonds. The van der Waals surface area contributed by atoms with Crippen LogP contribution in [-0.2, 0) is 30.8 Å². The Hall–Kier alpha value is -3.07. The summed E-state index contributed by atoms with van der Waals surface area (Å²) in [5.41, 5.74) is 1.24. The first-order chi connectivity index (χ1) is 19.6. The van der Waals surface area contributed by atoms with Gasteiger partial charge in [0, 0.05) is 34.6 Å². The highest BCUT2D eigenvalue weighted by atomic mass is 35.5. The molecule has 1 N–H and O–H groups in total. The van der Waals surface area contributed by atoms with Crippen LogP contribution in [0.3, 0.4) is 0 Å². The summed E-state index contributed by atoms with van der Waals surface area (Å²) in [6.45, 7) is 0.474. The van der Waals surface area contributed by atoms with Gasteiger partial charge in [0.25, 0.3) is 0 Å². The Morgan fingerprint density at radius 2 is 1.49 bits per heavy atom. The second-order valence-electron chi connectivity index (χ2n) is 10.7. The van der Waals surface area contributed by atoms with E-state index in [1.54, 1.807) is 77.7 Å². The highest BCUT2D eigenvalue weighted by Crippen LogP contribution is 2.45. The van der Waals surface area contributed by atoms with Crippen molar-refractivity contribution in [3.05, 3.63) is 94.0 Å². The molecule has 1 saturated carbocycles. The molecule has 1 heterocycles. The highest BCUT2D eigenvalue weighted by Gasteiger charge is 2.52. The first-order valence-corrected chi connectivity index (χ1v) is 15.8. The van der Waals surface area contributed by atoms with Gasteiger partial charge in [-0.2, -0.15) is 0 Å². The molecule has 3 aromatic rings. The third-order valence-electron chi connectivity index (χ3n) is 8.36. The molecule has 1 atom stereocenters. The lowest BCUT2D eigenvalue weighted by molar-refractivity contribution is -0.145. The number of rotatable bonds is 8. The van der Waals surface area contributed by atoms with E-state index >= 15 is 0 Å². The van der Waals surface area contributed by atoms with E-state index in [9.17, 15) is 23.1 Å². The number of halogens is 2. The number of carboxylic acid groups (broad SMARTS) is 1. The van der Waals surface area contributed by atoms with E-state index in [1.165, 1.54) is 0 Å². The Morgan fingerprint density at radius 3 is 2.10 bits per heavy atom. The van der Waals surface area contributed by atoms with Gasteiger partial charge >= 0.3 is 5.97 Å². The fourth-order valence-electron chi connectivity index (χ4n) is 5.93. The maximum atomic E-state index is 14.2. The van der Waals surface area contributed by atoms with Crippen LogP contribution in [0.2, 0.25) is 10.0 Å². The zero-order chi connectivity index (χ0) is 29.2. The molecule has 1 saturated heterocycles. The molecule has 0 unspecified atom stereocenters. The van der Waals surface area contributed by atoms with Crippen molar-refractivity contribution in [2.75, 3.05) is 13.1 Å². The quantitative estimate of drug-likeness (QED) is 0.316. The Morgan fingerprint density at radius 1 is 0.878 bits per heavy atom. The van der Waals surface area contributed by atoms with Crippen LogP contribution in [0.5, 0.6) is 5.75 Å². The van der Waals surface area contributed by atoms with Gasteiger partial charge in [0.15, 0.2) is 9.84 Å². The summed E-state index contributed by atoms with van der Waals surface area (Å²) >= 11 is 12.5. The van der Waals surface area contributed by atoms with Crippen LogP contribution < -0.4 is 4.74 Å². The third kappa shape index (κ3) is 5.83. The summed E-state index contributed by atoms with van der Waals surface area (Å²) in [6.07, 6.45) is 2.14. The number of benzene rings is 3. The van der Waals surface area contributed by atoms with E-state index in [-0.39, 0.29) is 36.3 Å². The van der Waals surface area contributed by atoms with Crippen molar-refractivity contribution in [1.29, 1.82) is 0 Å². The summed E-state index contributed by atoms with van der Waals surface area (Å²) < 4.78 is 33.0. The van der Waals surface area contributed by atoms with Crippen molar-refractivity contribution in [3.8, 4) is 5.75 Å². The molecule has 3 aromatic carbocycles. The number of hydrogen-bond donors (Lipinski definition) is 1. The molecule has 2 aliphatic rings. The molecule has 1 aliphatic heterocycles. The van der Waals surface area contributed by atoms with E-state index in [0.717, 1.165) is 0 Å². The summed E-state index contributed by atoms with van der Waals surface area (Å²) in [5, 5.41) is 10.3. The number of carbonyl (C=O) groups excluding carboxylic acids is 1. The molecular formula is C31H31Cl2NO6S. The van der Waals surface area contributed by atoms with Gasteiger partial charge in [0.05, 0.1) is 10.8 Å². The molecule has 216 valence electrons. The summed E-state index contributed by atoms with van der Waals surface area (Å²) in [6, 6.07) is 20.5. The molecule has 5 rings (SSSR count). The van der Waals surface area contributed by atoms with Crippen molar-refractivity contribution in [3.63, 3.8) is 0 Å². The second-order valence-corrected chi connectivity index (χ2v) is 13.8. The summed E-state index contributed by atoms with van der Waals surface area (Å²) in [5.74, 6) is -1.13. The van der Waals surface area contributed by atoms with E-state index in [4.69, 9.17) is 27.9 Å². The van der Waals surface area contributed by atoms with Gasteiger partial charge in [-0.1, -0.05) is 59.6 Å². The number of likely N-dealkylation sites (tertiary alicyclic amines) is 1. The predicted molar refractivity (Wildman–Crippen MR) is 157 cm³/mol. The van der Waals surface area contributed by atoms with E-state index < -0.39 is 26.5 Å². The maximum Gasteiger partial charge on any atom is 0.306 e. The molecule has 2 fully saturated rings. The van der Waals surface area contributed by atoms with Crippen LogP contribution in [0.1, 0.15) is 43.2 Å². The van der Waals surface area contributed by atoms with E-state index in [2.05, 4.69) is 0 Å². The fourth-order valence-corrected chi connectivity index (χ4v) is 8.54. The fraction of sp³-hybridized carbons (Fsp3) is 0.355. The number of hydrogen-bond acceptors (Lipinski definition) is 5. The Kier molecular flexibility index (Phi) is 8.64. The first-order valence-electron chi connectivity index (χ1n) is 13.6. The minimum absolute atomic E-state index is 0.0252. The molecule has 0 radical (unpaired) electrons. The minimum Gasteiger partial charge on any atom is -0.489 e. The largest absolute Gasteiger partial charge is 0.489 e. The zero-order valence-corrected chi connectivity index (χ0v) is 24.7. The summed E-state index contributed by atoms with van der Waals surface area (Å²) in [7, 11) is -3.90. The normalized spacial score (nSPS) is 22.8. The minimum atomic E-state index is -3.90. The van der Waals surface area contributed by atoms with Crippen molar-refractivity contribution in [1.82, 2.24) is 4.90 Å².